The molecule has 0 radical (unpaired) electrons. The zero-order valence-electron chi connectivity index (χ0n) is 10.7. The second-order valence-corrected chi connectivity index (χ2v) is 6.72. The third-order valence-electron chi connectivity index (χ3n) is 4.49. The fraction of sp³-hybridized carbons (Fsp3) is 1.00. The Balaban J connectivity index is 1.89. The average molecular weight is 289 g/mol. The molecule has 2 saturated carbocycles. The molecule has 0 spiro atoms. The van der Waals surface area contributed by atoms with Crippen molar-refractivity contribution in [1.82, 2.24) is 0 Å². The molecule has 0 N–H and O–H groups in total. The first-order chi connectivity index (χ1) is 7.63. The summed E-state index contributed by atoms with van der Waals surface area (Å²) in [6.07, 6.45) is 9.66. The fourth-order valence-electron chi connectivity index (χ4n) is 3.19. The van der Waals surface area contributed by atoms with Gasteiger partial charge in [0.15, 0.2) is 0 Å². The van der Waals surface area contributed by atoms with Crippen LogP contribution in [0.1, 0.15) is 58.8 Å². The van der Waals surface area contributed by atoms with Crippen LogP contribution in [-0.4, -0.2) is 17.0 Å². The minimum atomic E-state index is 0.168. The Hall–Kier alpha value is 0.440. The molecule has 2 fully saturated rings. The number of rotatable bonds is 3. The molecule has 0 heterocycles. The van der Waals surface area contributed by atoms with Crippen LogP contribution in [-0.2, 0) is 4.74 Å². The van der Waals surface area contributed by atoms with E-state index in [1.54, 1.807) is 0 Å². The van der Waals surface area contributed by atoms with Gasteiger partial charge in [-0.15, -0.1) is 0 Å². The zero-order valence-corrected chi connectivity index (χ0v) is 12.3. The van der Waals surface area contributed by atoms with E-state index in [2.05, 4.69) is 29.8 Å². The summed E-state index contributed by atoms with van der Waals surface area (Å²) in [4.78, 5) is 0. The lowest BCUT2D eigenvalue weighted by atomic mass is 9.80. The van der Waals surface area contributed by atoms with Crippen LogP contribution in [0.25, 0.3) is 0 Å². The molecule has 2 aliphatic rings. The molecule has 2 heteroatoms. The minimum Gasteiger partial charge on any atom is -0.371 e. The Bertz CT molecular complexity index is 221. The largest absolute Gasteiger partial charge is 0.371 e. The molecule has 0 bridgehead atoms. The van der Waals surface area contributed by atoms with E-state index in [4.69, 9.17) is 4.74 Å². The Morgan fingerprint density at radius 1 is 1.06 bits per heavy atom. The van der Waals surface area contributed by atoms with E-state index >= 15 is 0 Å². The smallest absolute Gasteiger partial charge is 0.0782 e. The summed E-state index contributed by atoms with van der Waals surface area (Å²) < 4.78 is 6.46. The van der Waals surface area contributed by atoms with Crippen LogP contribution in [0.3, 0.4) is 0 Å². The molecule has 1 nitrogen and oxygen atoms in total. The standard InChI is InChI=1S/C14H25BrO/c1-11-5-7-14(10-15,8-6-11)16-13-4-3-12(2)9-13/h11-13H,3-10H2,1-2H3. The van der Waals surface area contributed by atoms with Gasteiger partial charge >= 0.3 is 0 Å². The van der Waals surface area contributed by atoms with Crippen molar-refractivity contribution in [2.24, 2.45) is 11.8 Å². The number of halogens is 1. The van der Waals surface area contributed by atoms with E-state index in [1.165, 1.54) is 44.9 Å². The maximum absolute atomic E-state index is 6.46. The first kappa shape index (κ1) is 12.9. The van der Waals surface area contributed by atoms with Gasteiger partial charge in [-0.3, -0.25) is 0 Å². The highest BCUT2D eigenvalue weighted by molar-refractivity contribution is 9.09. The lowest BCUT2D eigenvalue weighted by Gasteiger charge is -2.40. The number of alkyl halides is 1. The predicted molar refractivity (Wildman–Crippen MR) is 72.0 cm³/mol. The quantitative estimate of drug-likeness (QED) is 0.693. The third kappa shape index (κ3) is 3.01. The highest BCUT2D eigenvalue weighted by Gasteiger charge is 2.37. The summed E-state index contributed by atoms with van der Waals surface area (Å²) in [5.74, 6) is 1.78. The highest BCUT2D eigenvalue weighted by Crippen LogP contribution is 2.40. The molecule has 0 saturated heterocycles. The summed E-state index contributed by atoms with van der Waals surface area (Å²) in [6, 6.07) is 0. The van der Waals surface area contributed by atoms with Crippen LogP contribution in [0.15, 0.2) is 0 Å². The van der Waals surface area contributed by atoms with Crippen molar-refractivity contribution in [3.8, 4) is 0 Å². The summed E-state index contributed by atoms with van der Waals surface area (Å²) in [7, 11) is 0. The molecule has 0 aromatic heterocycles. The van der Waals surface area contributed by atoms with Crippen molar-refractivity contribution >= 4 is 15.9 Å². The van der Waals surface area contributed by atoms with Crippen molar-refractivity contribution in [1.29, 1.82) is 0 Å². The van der Waals surface area contributed by atoms with E-state index in [1.807, 2.05) is 0 Å². The lowest BCUT2D eigenvalue weighted by molar-refractivity contribution is -0.101. The van der Waals surface area contributed by atoms with Gasteiger partial charge in [0.05, 0.1) is 11.7 Å². The van der Waals surface area contributed by atoms with Crippen molar-refractivity contribution in [2.45, 2.75) is 70.5 Å². The van der Waals surface area contributed by atoms with E-state index in [0.29, 0.717) is 6.10 Å². The van der Waals surface area contributed by atoms with Crippen molar-refractivity contribution < 1.29 is 4.74 Å². The maximum Gasteiger partial charge on any atom is 0.0782 e. The van der Waals surface area contributed by atoms with Gasteiger partial charge in [0.1, 0.15) is 0 Å². The molecule has 2 atom stereocenters. The van der Waals surface area contributed by atoms with Gasteiger partial charge in [-0.25, -0.2) is 0 Å². The van der Waals surface area contributed by atoms with Crippen molar-refractivity contribution in [3.63, 3.8) is 0 Å². The van der Waals surface area contributed by atoms with Crippen LogP contribution in [0, 0.1) is 11.8 Å². The summed E-state index contributed by atoms with van der Waals surface area (Å²) in [5, 5.41) is 1.03. The molecule has 0 aromatic carbocycles. The molecule has 94 valence electrons. The Labute approximate surface area is 108 Å². The van der Waals surface area contributed by atoms with E-state index in [0.717, 1.165) is 17.2 Å². The molecule has 0 amide bonds. The Morgan fingerprint density at radius 2 is 1.75 bits per heavy atom. The second-order valence-electron chi connectivity index (χ2n) is 6.16. The van der Waals surface area contributed by atoms with Crippen molar-refractivity contribution in [3.05, 3.63) is 0 Å². The van der Waals surface area contributed by atoms with Gasteiger partial charge in [-0.05, 0) is 56.8 Å². The van der Waals surface area contributed by atoms with Gasteiger partial charge in [0, 0.05) is 5.33 Å². The van der Waals surface area contributed by atoms with Crippen LogP contribution in [0.5, 0.6) is 0 Å². The van der Waals surface area contributed by atoms with Crippen LogP contribution < -0.4 is 0 Å². The molecule has 2 rings (SSSR count). The van der Waals surface area contributed by atoms with Gasteiger partial charge < -0.3 is 4.74 Å². The van der Waals surface area contributed by atoms with Gasteiger partial charge in [0.2, 0.25) is 0 Å². The van der Waals surface area contributed by atoms with Crippen LogP contribution in [0.2, 0.25) is 0 Å². The second kappa shape index (κ2) is 5.39. The predicted octanol–water partition coefficient (Wildman–Crippen LogP) is 4.54. The number of ether oxygens (including phenoxy) is 1. The fourth-order valence-corrected chi connectivity index (χ4v) is 3.88. The lowest BCUT2D eigenvalue weighted by Crippen LogP contribution is -2.41. The van der Waals surface area contributed by atoms with Gasteiger partial charge in [0.25, 0.3) is 0 Å². The van der Waals surface area contributed by atoms with Gasteiger partial charge in [-0.2, -0.15) is 0 Å². The Kier molecular flexibility index (Phi) is 4.34. The van der Waals surface area contributed by atoms with Gasteiger partial charge in [-0.1, -0.05) is 29.8 Å². The molecule has 16 heavy (non-hydrogen) atoms. The van der Waals surface area contributed by atoms with Crippen LogP contribution in [0.4, 0.5) is 0 Å². The molecule has 0 aromatic rings. The summed E-state index contributed by atoms with van der Waals surface area (Å²) in [6.45, 7) is 4.73. The SMILES string of the molecule is CC1CCC(CBr)(OC2CCC(C)C2)CC1. The molecule has 2 unspecified atom stereocenters. The summed E-state index contributed by atoms with van der Waals surface area (Å²) >= 11 is 3.69. The van der Waals surface area contributed by atoms with E-state index in [9.17, 15) is 0 Å². The molecular formula is C14H25BrO. The monoisotopic (exact) mass is 288 g/mol. The average Bonchev–Trinajstić information content (AvgIpc) is 2.68. The first-order valence-electron chi connectivity index (χ1n) is 6.87. The molecular weight excluding hydrogens is 264 g/mol. The number of hydrogen-bond acceptors (Lipinski definition) is 1. The molecule has 2 aliphatic carbocycles. The first-order valence-corrected chi connectivity index (χ1v) is 7.99. The van der Waals surface area contributed by atoms with Crippen molar-refractivity contribution in [2.75, 3.05) is 5.33 Å². The topological polar surface area (TPSA) is 9.23 Å². The zero-order chi connectivity index (χ0) is 11.6. The molecule has 0 aliphatic heterocycles. The normalized spacial score (nSPS) is 44.8. The van der Waals surface area contributed by atoms with E-state index < -0.39 is 0 Å². The number of hydrogen-bond donors (Lipinski definition) is 0. The third-order valence-corrected chi connectivity index (χ3v) is 5.51. The van der Waals surface area contributed by atoms with E-state index in [-0.39, 0.29) is 5.60 Å². The summed E-state index contributed by atoms with van der Waals surface area (Å²) in [5.41, 5.74) is 0.168. The maximum atomic E-state index is 6.46. The van der Waals surface area contributed by atoms with Crippen LogP contribution >= 0.6 is 15.9 Å². The highest BCUT2D eigenvalue weighted by atomic mass is 79.9. The minimum absolute atomic E-state index is 0.168. The Morgan fingerprint density at radius 3 is 2.25 bits per heavy atom.